The van der Waals surface area contributed by atoms with Gasteiger partial charge in [-0.1, -0.05) is 72.8 Å². The van der Waals surface area contributed by atoms with Gasteiger partial charge in [0.25, 0.3) is 0 Å². The molecule has 5 heteroatoms. The fourth-order valence-corrected chi connectivity index (χ4v) is 3.12. The van der Waals surface area contributed by atoms with Crippen LogP contribution in [0, 0.1) is 5.92 Å². The Balaban J connectivity index is 1.59. The van der Waals surface area contributed by atoms with Gasteiger partial charge in [0.1, 0.15) is 6.61 Å². The third-order valence-electron chi connectivity index (χ3n) is 4.88. The van der Waals surface area contributed by atoms with Crippen molar-refractivity contribution < 1.29 is 24.2 Å². The Labute approximate surface area is 187 Å². The zero-order valence-corrected chi connectivity index (χ0v) is 17.7. The smallest absolute Gasteiger partial charge is 0.335 e. The fraction of sp³-hybridized carbons (Fsp3) is 0.185. The highest BCUT2D eigenvalue weighted by atomic mass is 16.5. The first-order valence-corrected chi connectivity index (χ1v) is 10.4. The number of ketones is 1. The molecule has 32 heavy (non-hydrogen) atoms. The van der Waals surface area contributed by atoms with E-state index in [1.165, 1.54) is 12.1 Å². The second-order valence-electron chi connectivity index (χ2n) is 7.40. The van der Waals surface area contributed by atoms with E-state index in [9.17, 15) is 9.59 Å². The molecule has 0 radical (unpaired) electrons. The molecule has 1 atom stereocenters. The average molecular weight is 431 g/mol. The lowest BCUT2D eigenvalue weighted by molar-refractivity contribution is 0.0696. The quantitative estimate of drug-likeness (QED) is 0.302. The van der Waals surface area contributed by atoms with E-state index in [0.717, 1.165) is 11.1 Å². The Hall–Kier alpha value is -3.70. The van der Waals surface area contributed by atoms with Gasteiger partial charge in [-0.15, -0.1) is 0 Å². The molecule has 0 fully saturated rings. The summed E-state index contributed by atoms with van der Waals surface area (Å²) in [7, 11) is 0. The number of hydrogen-bond acceptors (Lipinski definition) is 4. The lowest BCUT2D eigenvalue weighted by Crippen LogP contribution is -2.13. The van der Waals surface area contributed by atoms with Crippen molar-refractivity contribution in [3.05, 3.63) is 120 Å². The number of aromatic carboxylic acids is 1. The van der Waals surface area contributed by atoms with Gasteiger partial charge in [0.2, 0.25) is 0 Å². The van der Waals surface area contributed by atoms with Gasteiger partial charge >= 0.3 is 5.97 Å². The summed E-state index contributed by atoms with van der Waals surface area (Å²) in [4.78, 5) is 23.8. The lowest BCUT2D eigenvalue weighted by atomic mass is 9.98. The highest BCUT2D eigenvalue weighted by molar-refractivity contribution is 5.97. The van der Waals surface area contributed by atoms with Crippen molar-refractivity contribution >= 4 is 11.8 Å². The molecule has 3 aromatic rings. The van der Waals surface area contributed by atoms with Gasteiger partial charge in [0, 0.05) is 17.9 Å². The molecule has 0 amide bonds. The molecule has 5 nitrogen and oxygen atoms in total. The Morgan fingerprint density at radius 1 is 0.781 bits per heavy atom. The first-order valence-electron chi connectivity index (χ1n) is 10.4. The molecule has 3 aromatic carbocycles. The molecule has 0 aliphatic heterocycles. The van der Waals surface area contributed by atoms with E-state index >= 15 is 0 Å². The maximum absolute atomic E-state index is 12.7. The van der Waals surface area contributed by atoms with Gasteiger partial charge in [-0.2, -0.15) is 0 Å². The van der Waals surface area contributed by atoms with Gasteiger partial charge < -0.3 is 14.6 Å². The maximum atomic E-state index is 12.7. The number of benzene rings is 3. The van der Waals surface area contributed by atoms with Crippen LogP contribution in [0.2, 0.25) is 0 Å². The molecule has 0 saturated carbocycles. The molecule has 0 heterocycles. The van der Waals surface area contributed by atoms with E-state index in [2.05, 4.69) is 0 Å². The van der Waals surface area contributed by atoms with Crippen LogP contribution >= 0.6 is 0 Å². The lowest BCUT2D eigenvalue weighted by Gasteiger charge is -2.13. The van der Waals surface area contributed by atoms with Gasteiger partial charge in [-0.25, -0.2) is 4.79 Å². The normalized spacial score (nSPS) is 11.9. The number of carboxylic acid groups (broad SMARTS) is 1. The summed E-state index contributed by atoms with van der Waals surface area (Å²) in [6, 6.07) is 25.6. The Bertz CT molecular complexity index is 1010. The minimum atomic E-state index is -1.02. The van der Waals surface area contributed by atoms with E-state index < -0.39 is 5.97 Å². The van der Waals surface area contributed by atoms with Gasteiger partial charge in [0.15, 0.2) is 5.78 Å². The molecule has 3 rings (SSSR count). The third-order valence-corrected chi connectivity index (χ3v) is 4.88. The van der Waals surface area contributed by atoms with Crippen LogP contribution in [0.15, 0.2) is 97.3 Å². The maximum Gasteiger partial charge on any atom is 0.335 e. The standard InChI is InChI=1S/C27H26O5/c28-26(24-11-13-25(14-12-24)27(29)30)17-23(20-32-19-22-9-5-2-6-10-22)15-16-31-18-21-7-3-1-4-8-21/h1-16,23H,17-20H2,(H,29,30)/b16-15+. The Morgan fingerprint density at radius 2 is 1.34 bits per heavy atom. The molecule has 0 aliphatic rings. The van der Waals surface area contributed by atoms with Crippen LogP contribution in [0.25, 0.3) is 0 Å². The topological polar surface area (TPSA) is 72.8 Å². The predicted octanol–water partition coefficient (Wildman–Crippen LogP) is 5.52. The second-order valence-corrected chi connectivity index (χ2v) is 7.40. The number of Topliss-reactive ketones (excluding diaryl/α,β-unsaturated/α-hetero) is 1. The summed E-state index contributed by atoms with van der Waals surface area (Å²) in [6.45, 7) is 1.26. The number of carbonyl (C=O) groups is 2. The molecular weight excluding hydrogens is 404 g/mol. The van der Waals surface area contributed by atoms with Crippen molar-refractivity contribution in [3.8, 4) is 0 Å². The molecule has 1 unspecified atom stereocenters. The first-order chi connectivity index (χ1) is 15.6. The van der Waals surface area contributed by atoms with Crippen molar-refractivity contribution in [3.63, 3.8) is 0 Å². The second kappa shape index (κ2) is 12.2. The molecular formula is C27H26O5. The van der Waals surface area contributed by atoms with Gasteiger partial charge in [0.05, 0.1) is 25.0 Å². The van der Waals surface area contributed by atoms with Crippen LogP contribution in [0.1, 0.15) is 38.3 Å². The molecule has 0 aromatic heterocycles. The monoisotopic (exact) mass is 430 g/mol. The summed E-state index contributed by atoms with van der Waals surface area (Å²) in [5.41, 5.74) is 2.75. The van der Waals surface area contributed by atoms with E-state index in [1.54, 1.807) is 18.4 Å². The third kappa shape index (κ3) is 7.52. The van der Waals surface area contributed by atoms with E-state index in [1.807, 2.05) is 66.7 Å². The van der Waals surface area contributed by atoms with Crippen LogP contribution in [-0.4, -0.2) is 23.5 Å². The molecule has 0 aliphatic carbocycles. The van der Waals surface area contributed by atoms with Crippen LogP contribution in [0.5, 0.6) is 0 Å². The molecule has 164 valence electrons. The van der Waals surface area contributed by atoms with E-state index in [0.29, 0.717) is 25.4 Å². The van der Waals surface area contributed by atoms with Crippen molar-refractivity contribution in [2.45, 2.75) is 19.6 Å². The number of hydrogen-bond donors (Lipinski definition) is 1. The molecule has 0 saturated heterocycles. The average Bonchev–Trinajstić information content (AvgIpc) is 2.83. The highest BCUT2D eigenvalue weighted by Crippen LogP contribution is 2.15. The van der Waals surface area contributed by atoms with E-state index in [4.69, 9.17) is 14.6 Å². The fourth-order valence-electron chi connectivity index (χ4n) is 3.12. The van der Waals surface area contributed by atoms with Crippen molar-refractivity contribution in [2.75, 3.05) is 6.61 Å². The van der Waals surface area contributed by atoms with Gasteiger partial charge in [-0.3, -0.25) is 4.79 Å². The van der Waals surface area contributed by atoms with Crippen molar-refractivity contribution in [1.29, 1.82) is 0 Å². The van der Waals surface area contributed by atoms with Crippen molar-refractivity contribution in [2.24, 2.45) is 5.92 Å². The number of carboxylic acids is 1. The minimum Gasteiger partial charge on any atom is -0.497 e. The van der Waals surface area contributed by atoms with Crippen LogP contribution in [0.4, 0.5) is 0 Å². The zero-order valence-electron chi connectivity index (χ0n) is 17.7. The summed E-state index contributed by atoms with van der Waals surface area (Å²) >= 11 is 0. The van der Waals surface area contributed by atoms with Crippen LogP contribution < -0.4 is 0 Å². The zero-order chi connectivity index (χ0) is 22.6. The molecule has 1 N–H and O–H groups in total. The van der Waals surface area contributed by atoms with Crippen LogP contribution in [0.3, 0.4) is 0 Å². The Kier molecular flexibility index (Phi) is 8.78. The number of carbonyl (C=O) groups excluding carboxylic acids is 1. The first kappa shape index (κ1) is 23.0. The molecule has 0 spiro atoms. The van der Waals surface area contributed by atoms with Crippen molar-refractivity contribution in [1.82, 2.24) is 0 Å². The summed E-state index contributed by atoms with van der Waals surface area (Å²) in [5, 5.41) is 9.03. The summed E-state index contributed by atoms with van der Waals surface area (Å²) < 4.78 is 11.5. The van der Waals surface area contributed by atoms with E-state index in [-0.39, 0.29) is 23.7 Å². The van der Waals surface area contributed by atoms with Crippen LogP contribution in [-0.2, 0) is 22.7 Å². The highest BCUT2D eigenvalue weighted by Gasteiger charge is 2.15. The van der Waals surface area contributed by atoms with Gasteiger partial charge in [-0.05, 0) is 29.3 Å². The number of rotatable bonds is 12. The largest absolute Gasteiger partial charge is 0.497 e. The number of ether oxygens (including phenoxy) is 2. The SMILES string of the molecule is O=C(O)c1ccc(C(=O)CC(/C=C/OCc2ccccc2)COCc2ccccc2)cc1. The predicted molar refractivity (Wildman–Crippen MR) is 122 cm³/mol. The summed E-state index contributed by atoms with van der Waals surface area (Å²) in [6.07, 6.45) is 3.69. The minimum absolute atomic E-state index is 0.0806. The summed E-state index contributed by atoms with van der Waals surface area (Å²) in [5.74, 6) is -1.28. The molecule has 0 bridgehead atoms. The Morgan fingerprint density at radius 3 is 1.94 bits per heavy atom.